The first-order valence-electron chi connectivity index (χ1n) is 8.77. The smallest absolute Gasteiger partial charge is 0.379 e. The largest absolute Gasteiger partial charge is 0.433 e. The van der Waals surface area contributed by atoms with Crippen molar-refractivity contribution in [3.8, 4) is 0 Å². The number of ether oxygens (including phenoxy) is 2. The normalized spacial score (nSPS) is 17.1. The van der Waals surface area contributed by atoms with Crippen molar-refractivity contribution >= 4 is 35.9 Å². The van der Waals surface area contributed by atoms with Crippen LogP contribution in [0.5, 0.6) is 0 Å². The number of aliphatic imine (C=N–C) groups is 1. The van der Waals surface area contributed by atoms with Crippen molar-refractivity contribution in [3.05, 3.63) is 18.0 Å². The summed E-state index contributed by atoms with van der Waals surface area (Å²) < 4.78 is 48.7. The average Bonchev–Trinajstić information content (AvgIpc) is 3.16. The Morgan fingerprint density at radius 2 is 2.11 bits per heavy atom. The minimum atomic E-state index is -4.49. The second-order valence-corrected chi connectivity index (χ2v) is 5.83. The zero-order valence-corrected chi connectivity index (χ0v) is 17.9. The second-order valence-electron chi connectivity index (χ2n) is 5.83. The Labute approximate surface area is 179 Å². The standard InChI is InChI=1S/C16H25F3N6O2.HI/c1-20-14(21-5-2-9-27-12-4-10-26-11-12)23-7-8-24-15-22-6-3-13(25-15)16(17,18)19;/h3,6,12H,2,4-5,7-11H2,1H3,(H2,20,21,23)(H,22,24,25);1H. The fourth-order valence-electron chi connectivity index (χ4n) is 2.35. The maximum atomic E-state index is 12.6. The molecule has 0 spiro atoms. The summed E-state index contributed by atoms with van der Waals surface area (Å²) in [6.07, 6.45) is -1.44. The molecule has 2 heterocycles. The number of halogens is 4. The fraction of sp³-hybridized carbons (Fsp3) is 0.688. The Morgan fingerprint density at radius 3 is 2.79 bits per heavy atom. The van der Waals surface area contributed by atoms with E-state index in [2.05, 4.69) is 30.9 Å². The van der Waals surface area contributed by atoms with Crippen LogP contribution in [0, 0.1) is 0 Å². The number of rotatable bonds is 9. The van der Waals surface area contributed by atoms with Gasteiger partial charge in [0.05, 0.1) is 12.7 Å². The van der Waals surface area contributed by atoms with Crippen LogP contribution in [0.25, 0.3) is 0 Å². The molecule has 1 atom stereocenters. The van der Waals surface area contributed by atoms with Gasteiger partial charge in [0.15, 0.2) is 5.96 Å². The van der Waals surface area contributed by atoms with Crippen molar-refractivity contribution in [1.29, 1.82) is 0 Å². The second kappa shape index (κ2) is 12.9. The van der Waals surface area contributed by atoms with Crippen molar-refractivity contribution in [3.63, 3.8) is 0 Å². The number of nitrogens with one attached hydrogen (secondary N) is 3. The van der Waals surface area contributed by atoms with Crippen molar-refractivity contribution < 1.29 is 22.6 Å². The molecule has 0 radical (unpaired) electrons. The van der Waals surface area contributed by atoms with Crippen LogP contribution in [0.2, 0.25) is 0 Å². The molecule has 1 aromatic rings. The molecule has 1 aliphatic rings. The number of aromatic nitrogens is 2. The number of alkyl halides is 3. The van der Waals surface area contributed by atoms with Crippen molar-refractivity contribution in [2.75, 3.05) is 51.8 Å². The highest BCUT2D eigenvalue weighted by Crippen LogP contribution is 2.27. The lowest BCUT2D eigenvalue weighted by Gasteiger charge is -2.13. The summed E-state index contributed by atoms with van der Waals surface area (Å²) in [5, 5.41) is 8.94. The van der Waals surface area contributed by atoms with Gasteiger partial charge in [0.2, 0.25) is 5.95 Å². The van der Waals surface area contributed by atoms with Crippen LogP contribution in [-0.2, 0) is 15.7 Å². The highest BCUT2D eigenvalue weighted by molar-refractivity contribution is 14.0. The van der Waals surface area contributed by atoms with Crippen molar-refractivity contribution in [2.45, 2.75) is 25.1 Å². The molecule has 0 saturated carbocycles. The van der Waals surface area contributed by atoms with Gasteiger partial charge < -0.3 is 25.4 Å². The number of guanidine groups is 1. The molecule has 1 aromatic heterocycles. The quantitative estimate of drug-likeness (QED) is 0.199. The Kier molecular flexibility index (Phi) is 11.4. The highest BCUT2D eigenvalue weighted by Gasteiger charge is 2.32. The molecule has 0 bridgehead atoms. The van der Waals surface area contributed by atoms with Crippen LogP contribution < -0.4 is 16.0 Å². The lowest BCUT2D eigenvalue weighted by Crippen LogP contribution is -2.40. The summed E-state index contributed by atoms with van der Waals surface area (Å²) in [6.45, 7) is 3.55. The van der Waals surface area contributed by atoms with Gasteiger partial charge in [-0.25, -0.2) is 9.97 Å². The van der Waals surface area contributed by atoms with Gasteiger partial charge in [-0.2, -0.15) is 13.2 Å². The first-order valence-corrected chi connectivity index (χ1v) is 8.77. The van der Waals surface area contributed by atoms with Crippen LogP contribution in [-0.4, -0.2) is 68.5 Å². The topological polar surface area (TPSA) is 92.7 Å². The minimum absolute atomic E-state index is 0. The van der Waals surface area contributed by atoms with Gasteiger partial charge in [-0.05, 0) is 18.9 Å². The first kappa shape index (κ1) is 24.6. The lowest BCUT2D eigenvalue weighted by atomic mass is 10.3. The third-order valence-electron chi connectivity index (χ3n) is 3.73. The molecule has 160 valence electrons. The van der Waals surface area contributed by atoms with E-state index in [9.17, 15) is 13.2 Å². The molecular weight excluding hydrogens is 492 g/mol. The molecule has 8 nitrogen and oxygen atoms in total. The zero-order valence-electron chi connectivity index (χ0n) is 15.6. The van der Waals surface area contributed by atoms with E-state index in [0.717, 1.165) is 31.7 Å². The van der Waals surface area contributed by atoms with Crippen LogP contribution in [0.4, 0.5) is 19.1 Å². The Bertz CT molecular complexity index is 600. The molecule has 1 unspecified atom stereocenters. The predicted octanol–water partition coefficient (Wildman–Crippen LogP) is 1.89. The maximum absolute atomic E-state index is 12.6. The van der Waals surface area contributed by atoms with E-state index in [-0.39, 0.29) is 36.0 Å². The summed E-state index contributed by atoms with van der Waals surface area (Å²) in [4.78, 5) is 11.3. The predicted molar refractivity (Wildman–Crippen MR) is 110 cm³/mol. The molecule has 1 fully saturated rings. The zero-order chi connectivity index (χ0) is 19.5. The third kappa shape index (κ3) is 9.19. The molecule has 0 aliphatic carbocycles. The van der Waals surface area contributed by atoms with Gasteiger partial charge in [0.1, 0.15) is 5.69 Å². The van der Waals surface area contributed by atoms with Crippen molar-refractivity contribution in [2.24, 2.45) is 4.99 Å². The number of hydrogen-bond acceptors (Lipinski definition) is 6. The molecule has 0 amide bonds. The van der Waals surface area contributed by atoms with E-state index in [1.807, 2.05) is 0 Å². The molecule has 3 N–H and O–H groups in total. The van der Waals surface area contributed by atoms with E-state index in [4.69, 9.17) is 9.47 Å². The lowest BCUT2D eigenvalue weighted by molar-refractivity contribution is -0.141. The first-order chi connectivity index (χ1) is 13.0. The summed E-state index contributed by atoms with van der Waals surface area (Å²) in [7, 11) is 1.64. The van der Waals surface area contributed by atoms with Crippen LogP contribution in [0.1, 0.15) is 18.5 Å². The van der Waals surface area contributed by atoms with Crippen LogP contribution in [0.3, 0.4) is 0 Å². The third-order valence-corrected chi connectivity index (χ3v) is 3.73. The summed E-state index contributed by atoms with van der Waals surface area (Å²) in [6, 6.07) is 0.832. The van der Waals surface area contributed by atoms with Crippen molar-refractivity contribution in [1.82, 2.24) is 20.6 Å². The van der Waals surface area contributed by atoms with E-state index >= 15 is 0 Å². The van der Waals surface area contributed by atoms with Gasteiger partial charge in [-0.1, -0.05) is 0 Å². The average molecular weight is 518 g/mol. The van der Waals surface area contributed by atoms with Gasteiger partial charge in [0.25, 0.3) is 0 Å². The SMILES string of the molecule is CN=C(NCCCOC1CCOC1)NCCNc1nccc(C(F)(F)F)n1.I. The fourth-order valence-corrected chi connectivity index (χ4v) is 2.35. The highest BCUT2D eigenvalue weighted by atomic mass is 127. The molecule has 1 aliphatic heterocycles. The minimum Gasteiger partial charge on any atom is -0.379 e. The van der Waals surface area contributed by atoms with Gasteiger partial charge in [0, 0.05) is 46.1 Å². The van der Waals surface area contributed by atoms with Gasteiger partial charge in [-0.3, -0.25) is 4.99 Å². The Morgan fingerprint density at radius 1 is 1.32 bits per heavy atom. The molecule has 28 heavy (non-hydrogen) atoms. The number of hydrogen-bond donors (Lipinski definition) is 3. The monoisotopic (exact) mass is 518 g/mol. The van der Waals surface area contributed by atoms with Gasteiger partial charge >= 0.3 is 6.18 Å². The molecule has 2 rings (SSSR count). The molecule has 12 heteroatoms. The molecular formula is C16H26F3IN6O2. The van der Waals surface area contributed by atoms with Gasteiger partial charge in [-0.15, -0.1) is 24.0 Å². The van der Waals surface area contributed by atoms with Crippen LogP contribution in [0.15, 0.2) is 17.3 Å². The summed E-state index contributed by atoms with van der Waals surface area (Å²) in [5.74, 6) is 0.536. The Balaban J connectivity index is 0.00000392. The summed E-state index contributed by atoms with van der Waals surface area (Å²) in [5.41, 5.74) is -0.975. The summed E-state index contributed by atoms with van der Waals surface area (Å²) >= 11 is 0. The Hall–Kier alpha value is -1.41. The van der Waals surface area contributed by atoms with E-state index in [1.54, 1.807) is 7.05 Å². The van der Waals surface area contributed by atoms with Crippen LogP contribution >= 0.6 is 24.0 Å². The molecule has 1 saturated heterocycles. The van der Waals surface area contributed by atoms with E-state index in [1.165, 1.54) is 0 Å². The van der Waals surface area contributed by atoms with E-state index < -0.39 is 11.9 Å². The number of nitrogens with zero attached hydrogens (tertiary/aromatic N) is 3. The van der Waals surface area contributed by atoms with E-state index in [0.29, 0.717) is 38.8 Å². The maximum Gasteiger partial charge on any atom is 0.433 e. The number of anilines is 1. The molecule has 0 aromatic carbocycles.